The quantitative estimate of drug-likeness (QED) is 0.741. The highest BCUT2D eigenvalue weighted by molar-refractivity contribution is 5.13. The molecule has 2 rings (SSSR count). The van der Waals surface area contributed by atoms with E-state index >= 15 is 0 Å². The molecular weight excluding hydrogens is 196 g/mol. The van der Waals surface area contributed by atoms with Crippen LogP contribution in [0, 0.1) is 11.8 Å². The average Bonchev–Trinajstić information content (AvgIpc) is 2.76. The molecule has 1 aromatic rings. The zero-order valence-corrected chi connectivity index (χ0v) is 10.4. The third kappa shape index (κ3) is 2.85. The first-order valence-corrected chi connectivity index (χ1v) is 6.43. The highest BCUT2D eigenvalue weighted by atomic mass is 16.5. The van der Waals surface area contributed by atoms with Crippen molar-refractivity contribution in [3.8, 4) is 0 Å². The third-order valence-corrected chi connectivity index (χ3v) is 3.67. The van der Waals surface area contributed by atoms with Gasteiger partial charge in [0.25, 0.3) is 0 Å². The van der Waals surface area contributed by atoms with E-state index in [1.54, 1.807) is 0 Å². The van der Waals surface area contributed by atoms with Gasteiger partial charge in [-0.2, -0.15) is 0 Å². The fourth-order valence-electron chi connectivity index (χ4n) is 2.70. The van der Waals surface area contributed by atoms with E-state index < -0.39 is 0 Å². The van der Waals surface area contributed by atoms with Crippen molar-refractivity contribution >= 4 is 0 Å². The summed E-state index contributed by atoms with van der Waals surface area (Å²) in [5.41, 5.74) is 1.29. The highest BCUT2D eigenvalue weighted by Crippen LogP contribution is 2.34. The van der Waals surface area contributed by atoms with E-state index in [1.165, 1.54) is 24.8 Å². The van der Waals surface area contributed by atoms with Crippen molar-refractivity contribution in [3.63, 3.8) is 0 Å². The first-order valence-electron chi connectivity index (χ1n) is 6.43. The molecule has 0 radical (unpaired) electrons. The SMILES string of the molecule is CC(C)C1CCC[C@@H]1OCc1ccccc1. The van der Waals surface area contributed by atoms with Crippen LogP contribution in [-0.4, -0.2) is 6.10 Å². The molecule has 1 nitrogen and oxygen atoms in total. The lowest BCUT2D eigenvalue weighted by atomic mass is 9.92. The minimum Gasteiger partial charge on any atom is -0.373 e. The van der Waals surface area contributed by atoms with Crippen molar-refractivity contribution in [2.45, 2.75) is 45.8 Å². The molecule has 1 unspecified atom stereocenters. The molecule has 0 saturated heterocycles. The number of rotatable bonds is 4. The zero-order valence-electron chi connectivity index (χ0n) is 10.4. The number of hydrogen-bond acceptors (Lipinski definition) is 1. The summed E-state index contributed by atoms with van der Waals surface area (Å²) in [5.74, 6) is 1.52. The molecule has 0 bridgehead atoms. The predicted octanol–water partition coefficient (Wildman–Crippen LogP) is 4.03. The molecule has 0 aromatic heterocycles. The molecule has 1 saturated carbocycles. The molecule has 88 valence electrons. The average molecular weight is 218 g/mol. The van der Waals surface area contributed by atoms with Crippen LogP contribution in [-0.2, 0) is 11.3 Å². The topological polar surface area (TPSA) is 9.23 Å². The Morgan fingerprint density at radius 3 is 2.62 bits per heavy atom. The molecule has 1 aromatic carbocycles. The van der Waals surface area contributed by atoms with Crippen LogP contribution in [0.15, 0.2) is 30.3 Å². The van der Waals surface area contributed by atoms with E-state index in [0.717, 1.165) is 18.4 Å². The zero-order chi connectivity index (χ0) is 11.4. The summed E-state index contributed by atoms with van der Waals surface area (Å²) in [6, 6.07) is 10.5. The van der Waals surface area contributed by atoms with Gasteiger partial charge in [0.2, 0.25) is 0 Å². The molecule has 1 aliphatic rings. The minimum absolute atomic E-state index is 0.486. The van der Waals surface area contributed by atoms with Crippen LogP contribution in [0.4, 0.5) is 0 Å². The Hall–Kier alpha value is -0.820. The van der Waals surface area contributed by atoms with Gasteiger partial charge in [-0.3, -0.25) is 0 Å². The number of ether oxygens (including phenoxy) is 1. The predicted molar refractivity (Wildman–Crippen MR) is 67.2 cm³/mol. The minimum atomic E-state index is 0.486. The van der Waals surface area contributed by atoms with Gasteiger partial charge in [0.05, 0.1) is 12.7 Å². The smallest absolute Gasteiger partial charge is 0.0720 e. The van der Waals surface area contributed by atoms with Crippen LogP contribution in [0.5, 0.6) is 0 Å². The fourth-order valence-corrected chi connectivity index (χ4v) is 2.70. The first kappa shape index (κ1) is 11.7. The van der Waals surface area contributed by atoms with Crippen molar-refractivity contribution in [2.24, 2.45) is 11.8 Å². The van der Waals surface area contributed by atoms with Gasteiger partial charge in [-0.15, -0.1) is 0 Å². The van der Waals surface area contributed by atoms with Crippen molar-refractivity contribution < 1.29 is 4.74 Å². The van der Waals surface area contributed by atoms with Crippen molar-refractivity contribution in [1.82, 2.24) is 0 Å². The molecule has 1 aliphatic carbocycles. The number of hydrogen-bond donors (Lipinski definition) is 0. The molecule has 0 aliphatic heterocycles. The Morgan fingerprint density at radius 1 is 1.19 bits per heavy atom. The maximum absolute atomic E-state index is 6.06. The summed E-state index contributed by atoms with van der Waals surface area (Å²) in [6.07, 6.45) is 4.41. The lowest BCUT2D eigenvalue weighted by Crippen LogP contribution is -2.22. The van der Waals surface area contributed by atoms with Gasteiger partial charge in [-0.05, 0) is 30.2 Å². The summed E-state index contributed by atoms with van der Waals surface area (Å²) < 4.78 is 6.06. The van der Waals surface area contributed by atoms with Gasteiger partial charge >= 0.3 is 0 Å². The molecular formula is C15H22O. The molecule has 16 heavy (non-hydrogen) atoms. The van der Waals surface area contributed by atoms with Gasteiger partial charge in [0.1, 0.15) is 0 Å². The van der Waals surface area contributed by atoms with Gasteiger partial charge in [-0.1, -0.05) is 50.6 Å². The molecule has 1 heteroatoms. The van der Waals surface area contributed by atoms with Crippen LogP contribution in [0.25, 0.3) is 0 Å². The van der Waals surface area contributed by atoms with Gasteiger partial charge < -0.3 is 4.74 Å². The van der Waals surface area contributed by atoms with Crippen LogP contribution in [0.3, 0.4) is 0 Å². The van der Waals surface area contributed by atoms with E-state index in [-0.39, 0.29) is 0 Å². The summed E-state index contributed by atoms with van der Waals surface area (Å²) in [6.45, 7) is 5.40. The second kappa shape index (κ2) is 5.49. The molecule has 0 N–H and O–H groups in total. The summed E-state index contributed by atoms with van der Waals surface area (Å²) in [7, 11) is 0. The maximum atomic E-state index is 6.06. The second-order valence-electron chi connectivity index (χ2n) is 5.17. The molecule has 0 spiro atoms. The lowest BCUT2D eigenvalue weighted by molar-refractivity contribution is 0.00355. The molecule has 1 fully saturated rings. The lowest BCUT2D eigenvalue weighted by Gasteiger charge is -2.23. The summed E-state index contributed by atoms with van der Waals surface area (Å²) >= 11 is 0. The maximum Gasteiger partial charge on any atom is 0.0720 e. The molecule has 2 atom stereocenters. The molecule has 0 amide bonds. The monoisotopic (exact) mass is 218 g/mol. The Balaban J connectivity index is 1.86. The summed E-state index contributed by atoms with van der Waals surface area (Å²) in [4.78, 5) is 0. The Morgan fingerprint density at radius 2 is 1.94 bits per heavy atom. The Bertz CT molecular complexity index is 304. The van der Waals surface area contributed by atoms with E-state index in [2.05, 4.69) is 44.2 Å². The van der Waals surface area contributed by atoms with Crippen molar-refractivity contribution in [1.29, 1.82) is 0 Å². The Kier molecular flexibility index (Phi) is 4.00. The van der Waals surface area contributed by atoms with Gasteiger partial charge in [-0.25, -0.2) is 0 Å². The first-order chi connectivity index (χ1) is 7.77. The standard InChI is InChI=1S/C15H22O/c1-12(2)14-9-6-10-15(14)16-11-13-7-4-3-5-8-13/h3-5,7-8,12,14-15H,6,9-11H2,1-2H3/t14?,15-/m0/s1. The van der Waals surface area contributed by atoms with E-state index in [9.17, 15) is 0 Å². The van der Waals surface area contributed by atoms with Crippen LogP contribution in [0.1, 0.15) is 38.7 Å². The fraction of sp³-hybridized carbons (Fsp3) is 0.600. The van der Waals surface area contributed by atoms with Crippen LogP contribution in [0.2, 0.25) is 0 Å². The largest absolute Gasteiger partial charge is 0.373 e. The normalized spacial score (nSPS) is 25.2. The van der Waals surface area contributed by atoms with Gasteiger partial charge in [0.15, 0.2) is 0 Å². The van der Waals surface area contributed by atoms with E-state index in [1.807, 2.05) is 0 Å². The van der Waals surface area contributed by atoms with E-state index in [0.29, 0.717) is 6.10 Å². The second-order valence-corrected chi connectivity index (χ2v) is 5.17. The third-order valence-electron chi connectivity index (χ3n) is 3.67. The number of benzene rings is 1. The molecule has 0 heterocycles. The summed E-state index contributed by atoms with van der Waals surface area (Å²) in [5, 5.41) is 0. The van der Waals surface area contributed by atoms with Crippen LogP contribution >= 0.6 is 0 Å². The van der Waals surface area contributed by atoms with Gasteiger partial charge in [0, 0.05) is 0 Å². The van der Waals surface area contributed by atoms with Crippen LogP contribution < -0.4 is 0 Å². The van der Waals surface area contributed by atoms with Crippen molar-refractivity contribution in [2.75, 3.05) is 0 Å². The van der Waals surface area contributed by atoms with E-state index in [4.69, 9.17) is 4.74 Å². The highest BCUT2D eigenvalue weighted by Gasteiger charge is 2.30. The van der Waals surface area contributed by atoms with Crippen molar-refractivity contribution in [3.05, 3.63) is 35.9 Å². The Labute approximate surface area is 98.8 Å².